The Kier molecular flexibility index (Phi) is 3.35. The van der Waals surface area contributed by atoms with Gasteiger partial charge in [-0.3, -0.25) is 4.79 Å². The van der Waals surface area contributed by atoms with Crippen molar-refractivity contribution in [1.82, 2.24) is 4.98 Å². The van der Waals surface area contributed by atoms with E-state index in [1.165, 1.54) is 6.92 Å². The van der Waals surface area contributed by atoms with Crippen LogP contribution >= 0.6 is 0 Å². The molecule has 9 heteroatoms. The smallest absolute Gasteiger partial charge is 0.325 e. The molecule has 0 aliphatic heterocycles. The zero-order valence-electron chi connectivity index (χ0n) is 8.63. The van der Waals surface area contributed by atoms with Crippen LogP contribution in [0.3, 0.4) is 0 Å². The number of nitrogens with two attached hydrogens (primary N) is 1. The van der Waals surface area contributed by atoms with Gasteiger partial charge in [0, 0.05) is 5.69 Å². The van der Waals surface area contributed by atoms with Gasteiger partial charge in [0.25, 0.3) is 5.56 Å². The standard InChI is InChI=1S/C8H9F3N2O3S/c1-4-2-5(8(9,10)11)6(7(14)13-4)17(15,16)3-12/h2H,3,12H2,1H3,(H,13,14). The SMILES string of the molecule is Cc1cc(C(F)(F)F)c(S(=O)(=O)CN)c(=O)[nH]1. The second kappa shape index (κ2) is 4.15. The van der Waals surface area contributed by atoms with Crippen molar-refractivity contribution in [1.29, 1.82) is 0 Å². The lowest BCUT2D eigenvalue weighted by Gasteiger charge is -2.12. The lowest BCUT2D eigenvalue weighted by Crippen LogP contribution is -2.28. The van der Waals surface area contributed by atoms with E-state index in [1.54, 1.807) is 0 Å². The summed E-state index contributed by atoms with van der Waals surface area (Å²) < 4.78 is 60.6. The van der Waals surface area contributed by atoms with Crippen LogP contribution in [0.2, 0.25) is 0 Å². The molecule has 0 fully saturated rings. The van der Waals surface area contributed by atoms with Gasteiger partial charge in [0.05, 0.1) is 5.56 Å². The van der Waals surface area contributed by atoms with Gasteiger partial charge in [-0.1, -0.05) is 0 Å². The first-order chi connectivity index (χ1) is 7.59. The van der Waals surface area contributed by atoms with E-state index in [-0.39, 0.29) is 5.69 Å². The number of aryl methyl sites for hydroxylation is 1. The van der Waals surface area contributed by atoms with E-state index in [2.05, 4.69) is 0 Å². The lowest BCUT2D eigenvalue weighted by atomic mass is 10.2. The number of alkyl halides is 3. The number of nitrogens with one attached hydrogen (secondary N) is 1. The quantitative estimate of drug-likeness (QED) is 0.813. The molecule has 0 unspecified atom stereocenters. The second-order valence-corrected chi connectivity index (χ2v) is 5.27. The van der Waals surface area contributed by atoms with E-state index in [4.69, 9.17) is 5.73 Å². The Morgan fingerprint density at radius 3 is 2.35 bits per heavy atom. The molecule has 1 aromatic rings. The van der Waals surface area contributed by atoms with Gasteiger partial charge in [-0.2, -0.15) is 13.2 Å². The molecular weight excluding hydrogens is 261 g/mol. The third-order valence-electron chi connectivity index (χ3n) is 1.96. The Hall–Kier alpha value is -1.35. The molecule has 0 aliphatic carbocycles. The van der Waals surface area contributed by atoms with Crippen molar-refractivity contribution in [2.75, 3.05) is 5.88 Å². The van der Waals surface area contributed by atoms with Crippen molar-refractivity contribution >= 4 is 9.84 Å². The minimum atomic E-state index is -4.93. The molecule has 3 N–H and O–H groups in total. The minimum Gasteiger partial charge on any atom is -0.325 e. The summed E-state index contributed by atoms with van der Waals surface area (Å²) in [5.41, 5.74) is 1.95. The second-order valence-electron chi connectivity index (χ2n) is 3.30. The van der Waals surface area contributed by atoms with Gasteiger partial charge in [-0.25, -0.2) is 8.42 Å². The Morgan fingerprint density at radius 2 is 1.94 bits per heavy atom. The molecule has 0 aromatic carbocycles. The van der Waals surface area contributed by atoms with Crippen LogP contribution in [0.1, 0.15) is 11.3 Å². The Bertz CT molecular complexity index is 589. The molecule has 0 atom stereocenters. The number of H-pyrrole nitrogens is 1. The zero-order valence-corrected chi connectivity index (χ0v) is 9.45. The summed E-state index contributed by atoms with van der Waals surface area (Å²) in [6, 6.07) is 0.559. The fourth-order valence-electron chi connectivity index (χ4n) is 1.28. The number of hydrogen-bond acceptors (Lipinski definition) is 4. The normalized spacial score (nSPS) is 12.8. The van der Waals surface area contributed by atoms with Crippen molar-refractivity contribution in [2.45, 2.75) is 18.0 Å². The number of sulfone groups is 1. The van der Waals surface area contributed by atoms with Gasteiger partial charge in [-0.05, 0) is 13.0 Å². The average molecular weight is 270 g/mol. The predicted molar refractivity (Wildman–Crippen MR) is 53.0 cm³/mol. The molecule has 0 aliphatic rings. The van der Waals surface area contributed by atoms with Gasteiger partial charge in [0.15, 0.2) is 9.84 Å². The highest BCUT2D eigenvalue weighted by Crippen LogP contribution is 2.32. The number of rotatable bonds is 2. The summed E-state index contributed by atoms with van der Waals surface area (Å²) in [5.74, 6) is -1.07. The average Bonchev–Trinajstić information content (AvgIpc) is 2.14. The minimum absolute atomic E-state index is 0.0849. The number of halogens is 3. The summed E-state index contributed by atoms with van der Waals surface area (Å²) in [6.45, 7) is 1.22. The van der Waals surface area contributed by atoms with Crippen molar-refractivity contribution in [2.24, 2.45) is 5.73 Å². The topological polar surface area (TPSA) is 93.0 Å². The molecule has 96 valence electrons. The summed E-state index contributed by atoms with van der Waals surface area (Å²) >= 11 is 0. The fourth-order valence-corrected chi connectivity index (χ4v) is 2.29. The maximum atomic E-state index is 12.6. The Labute approximate surface area is 94.4 Å². The lowest BCUT2D eigenvalue weighted by molar-refractivity contribution is -0.140. The number of pyridine rings is 1. The Balaban J connectivity index is 3.78. The summed E-state index contributed by atoms with van der Waals surface area (Å²) in [6.07, 6.45) is -4.93. The van der Waals surface area contributed by atoms with Crippen LogP contribution < -0.4 is 11.3 Å². The zero-order chi connectivity index (χ0) is 13.4. The third kappa shape index (κ3) is 2.67. The molecule has 0 spiro atoms. The number of aromatic nitrogens is 1. The molecule has 17 heavy (non-hydrogen) atoms. The largest absolute Gasteiger partial charge is 0.417 e. The van der Waals surface area contributed by atoms with Gasteiger partial charge >= 0.3 is 6.18 Å². The van der Waals surface area contributed by atoms with Crippen LogP contribution in [0, 0.1) is 6.92 Å². The van der Waals surface area contributed by atoms with Crippen molar-refractivity contribution in [3.05, 3.63) is 27.7 Å². The first-order valence-corrected chi connectivity index (χ1v) is 5.99. The summed E-state index contributed by atoms with van der Waals surface area (Å²) in [4.78, 5) is 12.0. The van der Waals surface area contributed by atoms with E-state index in [0.29, 0.717) is 6.07 Å². The maximum Gasteiger partial charge on any atom is 0.417 e. The third-order valence-corrected chi connectivity index (χ3v) is 3.42. The van der Waals surface area contributed by atoms with Gasteiger partial charge in [-0.15, -0.1) is 0 Å². The molecule has 0 saturated heterocycles. The molecule has 0 bridgehead atoms. The van der Waals surface area contributed by atoms with Crippen molar-refractivity contribution in [3.8, 4) is 0 Å². The first kappa shape index (κ1) is 13.7. The predicted octanol–water partition coefficient (Wildman–Crippen LogP) is 0.392. The molecule has 0 radical (unpaired) electrons. The van der Waals surface area contributed by atoms with E-state index in [1.807, 2.05) is 4.98 Å². The highest BCUT2D eigenvalue weighted by atomic mass is 32.2. The number of hydrogen-bond donors (Lipinski definition) is 2. The molecule has 0 amide bonds. The molecule has 5 nitrogen and oxygen atoms in total. The van der Waals surface area contributed by atoms with Crippen LogP contribution in [-0.4, -0.2) is 19.3 Å². The van der Waals surface area contributed by atoms with Gasteiger partial charge in [0.2, 0.25) is 0 Å². The van der Waals surface area contributed by atoms with Crippen molar-refractivity contribution < 1.29 is 21.6 Å². The van der Waals surface area contributed by atoms with Crippen LogP contribution in [-0.2, 0) is 16.0 Å². The molecular formula is C8H9F3N2O3S. The highest BCUT2D eigenvalue weighted by molar-refractivity contribution is 7.91. The molecule has 0 saturated carbocycles. The van der Waals surface area contributed by atoms with E-state index in [9.17, 15) is 26.4 Å². The Morgan fingerprint density at radius 1 is 1.41 bits per heavy atom. The summed E-state index contributed by atoms with van der Waals surface area (Å²) in [5, 5.41) is 0. The maximum absolute atomic E-state index is 12.6. The van der Waals surface area contributed by atoms with Crippen LogP contribution in [0.15, 0.2) is 15.8 Å². The highest BCUT2D eigenvalue weighted by Gasteiger charge is 2.39. The van der Waals surface area contributed by atoms with E-state index >= 15 is 0 Å². The summed E-state index contributed by atoms with van der Waals surface area (Å²) in [7, 11) is -4.45. The number of aromatic amines is 1. The fraction of sp³-hybridized carbons (Fsp3) is 0.375. The van der Waals surface area contributed by atoms with Crippen molar-refractivity contribution in [3.63, 3.8) is 0 Å². The van der Waals surface area contributed by atoms with Gasteiger partial charge in [0.1, 0.15) is 10.8 Å². The monoisotopic (exact) mass is 270 g/mol. The molecule has 1 heterocycles. The first-order valence-electron chi connectivity index (χ1n) is 4.33. The van der Waals surface area contributed by atoms with Crippen LogP contribution in [0.5, 0.6) is 0 Å². The van der Waals surface area contributed by atoms with E-state index in [0.717, 1.165) is 0 Å². The molecule has 1 rings (SSSR count). The van der Waals surface area contributed by atoms with E-state index < -0.39 is 37.9 Å². The van der Waals surface area contributed by atoms with Crippen LogP contribution in [0.25, 0.3) is 0 Å². The van der Waals surface area contributed by atoms with Crippen LogP contribution in [0.4, 0.5) is 13.2 Å². The molecule has 1 aromatic heterocycles. The van der Waals surface area contributed by atoms with Gasteiger partial charge < -0.3 is 10.7 Å².